The van der Waals surface area contributed by atoms with Crippen LogP contribution in [0.5, 0.6) is 5.88 Å². The highest BCUT2D eigenvalue weighted by Gasteiger charge is 2.15. The number of aromatic nitrogens is 3. The van der Waals surface area contributed by atoms with Crippen LogP contribution in [-0.2, 0) is 6.54 Å². The lowest BCUT2D eigenvalue weighted by Crippen LogP contribution is -2.20. The smallest absolute Gasteiger partial charge is 0.242 e. The van der Waals surface area contributed by atoms with Crippen molar-refractivity contribution < 1.29 is 4.74 Å². The van der Waals surface area contributed by atoms with Gasteiger partial charge in [0, 0.05) is 12.4 Å². The summed E-state index contributed by atoms with van der Waals surface area (Å²) >= 11 is 1.63. The summed E-state index contributed by atoms with van der Waals surface area (Å²) in [5.74, 6) is 1.08. The van der Waals surface area contributed by atoms with Crippen LogP contribution in [0.4, 0.5) is 11.5 Å². The lowest BCUT2D eigenvalue weighted by atomic mass is 10.3. The summed E-state index contributed by atoms with van der Waals surface area (Å²) in [7, 11) is 1.92. The minimum Gasteiger partial charge on any atom is -0.473 e. The van der Waals surface area contributed by atoms with Crippen LogP contribution >= 0.6 is 11.3 Å². The fourth-order valence-corrected chi connectivity index (χ4v) is 2.39. The highest BCUT2D eigenvalue weighted by molar-refractivity contribution is 7.09. The summed E-state index contributed by atoms with van der Waals surface area (Å²) in [5, 5.41) is 3.09. The largest absolute Gasteiger partial charge is 0.473 e. The van der Waals surface area contributed by atoms with Gasteiger partial charge in [-0.05, 0) is 20.8 Å². The maximum absolute atomic E-state index is 6.08. The standard InChI is InChI=1S/C13H19N5OS/c1-8(2)19-13-11(14)12(15-7-16-13)18(4)5-10-6-20-9(3)17-10/h6-8H,5,14H2,1-4H3. The van der Waals surface area contributed by atoms with Gasteiger partial charge in [-0.25, -0.2) is 9.97 Å². The average Bonchev–Trinajstić information content (AvgIpc) is 2.76. The molecule has 0 saturated carbocycles. The third-order valence-corrected chi connectivity index (χ3v) is 3.42. The summed E-state index contributed by atoms with van der Waals surface area (Å²) in [4.78, 5) is 14.7. The Morgan fingerprint density at radius 2 is 2.15 bits per heavy atom. The maximum Gasteiger partial charge on any atom is 0.242 e. The molecule has 2 rings (SSSR count). The van der Waals surface area contributed by atoms with Gasteiger partial charge in [-0.2, -0.15) is 4.98 Å². The van der Waals surface area contributed by atoms with Crippen LogP contribution in [-0.4, -0.2) is 28.1 Å². The van der Waals surface area contributed by atoms with Crippen molar-refractivity contribution in [3.8, 4) is 5.88 Å². The number of hydrogen-bond donors (Lipinski definition) is 1. The highest BCUT2D eigenvalue weighted by atomic mass is 32.1. The molecule has 0 amide bonds. The quantitative estimate of drug-likeness (QED) is 0.911. The molecule has 0 aliphatic carbocycles. The molecule has 0 fully saturated rings. The molecular formula is C13H19N5OS. The molecule has 2 aromatic rings. The van der Waals surface area contributed by atoms with Crippen molar-refractivity contribution in [2.45, 2.75) is 33.4 Å². The Labute approximate surface area is 122 Å². The SMILES string of the molecule is Cc1nc(CN(C)c2ncnc(OC(C)C)c2N)cs1. The van der Waals surface area contributed by atoms with Gasteiger partial charge in [0.05, 0.1) is 23.4 Å². The molecule has 2 heterocycles. The molecule has 0 saturated heterocycles. The summed E-state index contributed by atoms with van der Waals surface area (Å²) in [5.41, 5.74) is 7.54. The Morgan fingerprint density at radius 3 is 2.75 bits per heavy atom. The second-order valence-corrected chi connectivity index (χ2v) is 5.86. The van der Waals surface area contributed by atoms with Crippen molar-refractivity contribution in [3.05, 3.63) is 22.4 Å². The molecule has 2 N–H and O–H groups in total. The van der Waals surface area contributed by atoms with Crippen molar-refractivity contribution in [2.24, 2.45) is 0 Å². The van der Waals surface area contributed by atoms with Gasteiger partial charge in [-0.3, -0.25) is 0 Å². The monoisotopic (exact) mass is 293 g/mol. The van der Waals surface area contributed by atoms with Gasteiger partial charge >= 0.3 is 0 Å². The van der Waals surface area contributed by atoms with E-state index in [9.17, 15) is 0 Å². The number of rotatable bonds is 5. The van der Waals surface area contributed by atoms with Crippen molar-refractivity contribution in [3.63, 3.8) is 0 Å². The van der Waals surface area contributed by atoms with Crippen LogP contribution in [0.3, 0.4) is 0 Å². The Morgan fingerprint density at radius 1 is 1.40 bits per heavy atom. The first-order chi connectivity index (χ1) is 9.47. The van der Waals surface area contributed by atoms with Crippen molar-refractivity contribution in [1.82, 2.24) is 15.0 Å². The third-order valence-electron chi connectivity index (χ3n) is 2.60. The van der Waals surface area contributed by atoms with Crippen LogP contribution in [0, 0.1) is 6.92 Å². The molecule has 0 aromatic carbocycles. The molecule has 0 bridgehead atoms. The molecule has 0 aliphatic heterocycles. The third kappa shape index (κ3) is 3.36. The van der Waals surface area contributed by atoms with Gasteiger partial charge in [-0.15, -0.1) is 11.3 Å². The molecule has 0 radical (unpaired) electrons. The molecule has 0 atom stereocenters. The number of thiazole rings is 1. The van der Waals surface area contributed by atoms with Crippen LogP contribution in [0.25, 0.3) is 0 Å². The van der Waals surface area contributed by atoms with E-state index in [1.165, 1.54) is 6.33 Å². The number of ether oxygens (including phenoxy) is 1. The Bertz CT molecular complexity index is 584. The fraction of sp³-hybridized carbons (Fsp3) is 0.462. The number of nitrogens with two attached hydrogens (primary N) is 1. The minimum absolute atomic E-state index is 0.0200. The number of aryl methyl sites for hydroxylation is 1. The second-order valence-electron chi connectivity index (χ2n) is 4.80. The summed E-state index contributed by atoms with van der Waals surface area (Å²) in [6.07, 6.45) is 1.48. The Hall–Kier alpha value is -1.89. The highest BCUT2D eigenvalue weighted by Crippen LogP contribution is 2.28. The Kier molecular flexibility index (Phi) is 4.39. The van der Waals surface area contributed by atoms with E-state index in [4.69, 9.17) is 10.5 Å². The van der Waals surface area contributed by atoms with Crippen molar-refractivity contribution >= 4 is 22.8 Å². The van der Waals surface area contributed by atoms with Crippen LogP contribution < -0.4 is 15.4 Å². The molecule has 7 heteroatoms. The molecule has 6 nitrogen and oxygen atoms in total. The second kappa shape index (κ2) is 6.04. The van der Waals surface area contributed by atoms with E-state index in [-0.39, 0.29) is 6.10 Å². The Balaban J connectivity index is 2.19. The first-order valence-corrected chi connectivity index (χ1v) is 7.24. The predicted molar refractivity (Wildman–Crippen MR) is 81.2 cm³/mol. The van der Waals surface area contributed by atoms with E-state index in [2.05, 4.69) is 15.0 Å². The van der Waals surface area contributed by atoms with E-state index >= 15 is 0 Å². The van der Waals surface area contributed by atoms with Crippen LogP contribution in [0.1, 0.15) is 24.5 Å². The van der Waals surface area contributed by atoms with E-state index < -0.39 is 0 Å². The zero-order valence-corrected chi connectivity index (χ0v) is 12.9. The summed E-state index contributed by atoms with van der Waals surface area (Å²) < 4.78 is 5.57. The first-order valence-electron chi connectivity index (χ1n) is 6.36. The zero-order chi connectivity index (χ0) is 14.7. The van der Waals surface area contributed by atoms with Gasteiger partial charge < -0.3 is 15.4 Å². The number of nitrogen functional groups attached to an aromatic ring is 1. The van der Waals surface area contributed by atoms with E-state index in [1.54, 1.807) is 11.3 Å². The van der Waals surface area contributed by atoms with Gasteiger partial charge in [0.25, 0.3) is 0 Å². The van der Waals surface area contributed by atoms with Crippen molar-refractivity contribution in [2.75, 3.05) is 17.7 Å². The molecule has 0 spiro atoms. The normalized spacial score (nSPS) is 10.8. The number of nitrogens with zero attached hydrogens (tertiary/aromatic N) is 4. The molecular weight excluding hydrogens is 274 g/mol. The number of hydrogen-bond acceptors (Lipinski definition) is 7. The molecule has 0 aliphatic rings. The minimum atomic E-state index is 0.0200. The van der Waals surface area contributed by atoms with E-state index in [0.29, 0.717) is 23.9 Å². The van der Waals surface area contributed by atoms with Gasteiger partial charge in [0.2, 0.25) is 5.88 Å². The molecule has 20 heavy (non-hydrogen) atoms. The van der Waals surface area contributed by atoms with Gasteiger partial charge in [0.1, 0.15) is 12.0 Å². The van der Waals surface area contributed by atoms with Crippen LogP contribution in [0.2, 0.25) is 0 Å². The molecule has 108 valence electrons. The lowest BCUT2D eigenvalue weighted by molar-refractivity contribution is 0.234. The lowest BCUT2D eigenvalue weighted by Gasteiger charge is -2.20. The van der Waals surface area contributed by atoms with E-state index in [1.807, 2.05) is 38.1 Å². The topological polar surface area (TPSA) is 77.2 Å². The summed E-state index contributed by atoms with van der Waals surface area (Å²) in [6, 6.07) is 0. The molecule has 0 unspecified atom stereocenters. The predicted octanol–water partition coefficient (Wildman–Crippen LogP) is 2.25. The van der Waals surface area contributed by atoms with Gasteiger partial charge in [0.15, 0.2) is 5.82 Å². The zero-order valence-electron chi connectivity index (χ0n) is 12.1. The maximum atomic E-state index is 6.08. The first kappa shape index (κ1) is 14.5. The average molecular weight is 293 g/mol. The fourth-order valence-electron chi connectivity index (χ4n) is 1.79. The van der Waals surface area contributed by atoms with E-state index in [0.717, 1.165) is 10.7 Å². The van der Waals surface area contributed by atoms with Gasteiger partial charge in [-0.1, -0.05) is 0 Å². The van der Waals surface area contributed by atoms with Crippen molar-refractivity contribution in [1.29, 1.82) is 0 Å². The number of anilines is 2. The van der Waals surface area contributed by atoms with Crippen LogP contribution in [0.15, 0.2) is 11.7 Å². The molecule has 2 aromatic heterocycles. The summed E-state index contributed by atoms with van der Waals surface area (Å²) in [6.45, 7) is 6.50.